The molecule has 1 aromatic carbocycles. The van der Waals surface area contributed by atoms with E-state index in [0.717, 1.165) is 17.7 Å². The number of para-hydroxylation sites is 1. The van der Waals surface area contributed by atoms with Crippen molar-refractivity contribution in [1.29, 1.82) is 0 Å². The minimum Gasteiger partial charge on any atom is -0.334 e. The molecule has 2 rings (SSSR count). The lowest BCUT2D eigenvalue weighted by molar-refractivity contribution is -0.384. The van der Waals surface area contributed by atoms with E-state index in [4.69, 9.17) is 11.6 Å². The molecule has 6 nitrogen and oxygen atoms in total. The second kappa shape index (κ2) is 5.62. The molecule has 0 saturated carbocycles. The van der Waals surface area contributed by atoms with Gasteiger partial charge in [0.25, 0.3) is 0 Å². The summed E-state index contributed by atoms with van der Waals surface area (Å²) in [7, 11) is 0. The summed E-state index contributed by atoms with van der Waals surface area (Å²) >= 11 is 5.73. The van der Waals surface area contributed by atoms with Crippen LogP contribution in [0.4, 0.5) is 17.2 Å². The molecule has 1 aromatic heterocycles. The van der Waals surface area contributed by atoms with Gasteiger partial charge in [0.05, 0.1) is 4.92 Å². The summed E-state index contributed by atoms with van der Waals surface area (Å²) in [6.45, 7) is 2.00. The van der Waals surface area contributed by atoms with Crippen molar-refractivity contribution in [3.8, 4) is 0 Å². The minimum atomic E-state index is -0.598. The number of nitrogens with one attached hydrogen (secondary N) is 1. The molecule has 19 heavy (non-hydrogen) atoms. The van der Waals surface area contributed by atoms with E-state index in [1.165, 1.54) is 6.33 Å². The molecule has 0 aliphatic carbocycles. The van der Waals surface area contributed by atoms with Crippen molar-refractivity contribution in [3.05, 3.63) is 51.4 Å². The molecule has 0 fully saturated rings. The SMILES string of the molecule is CCc1ccccc1Nc1ncnc(Cl)c1[N+](=O)[O-]. The molecular formula is C12H11ClN4O2. The van der Waals surface area contributed by atoms with E-state index in [9.17, 15) is 10.1 Å². The Labute approximate surface area is 114 Å². The average molecular weight is 279 g/mol. The van der Waals surface area contributed by atoms with Gasteiger partial charge in [-0.25, -0.2) is 9.97 Å². The quantitative estimate of drug-likeness (QED) is 0.527. The van der Waals surface area contributed by atoms with Crippen LogP contribution in [0.1, 0.15) is 12.5 Å². The van der Waals surface area contributed by atoms with E-state index in [1.54, 1.807) is 0 Å². The monoisotopic (exact) mass is 278 g/mol. The summed E-state index contributed by atoms with van der Waals surface area (Å²) in [5, 5.41) is 13.7. The van der Waals surface area contributed by atoms with Crippen LogP contribution in [0.15, 0.2) is 30.6 Å². The lowest BCUT2D eigenvalue weighted by atomic mass is 10.1. The highest BCUT2D eigenvalue weighted by molar-refractivity contribution is 6.31. The Hall–Kier alpha value is -2.21. The number of aromatic nitrogens is 2. The zero-order valence-electron chi connectivity index (χ0n) is 10.1. The number of halogens is 1. The number of benzene rings is 1. The first-order chi connectivity index (χ1) is 9.13. The lowest BCUT2D eigenvalue weighted by Gasteiger charge is -2.10. The number of nitrogens with zero attached hydrogens (tertiary/aromatic N) is 3. The van der Waals surface area contributed by atoms with Crippen LogP contribution < -0.4 is 5.32 Å². The molecule has 0 radical (unpaired) electrons. The Bertz CT molecular complexity index is 618. The third-order valence-corrected chi connectivity index (χ3v) is 2.89. The maximum Gasteiger partial charge on any atom is 0.348 e. The second-order valence-corrected chi connectivity index (χ2v) is 4.11. The maximum absolute atomic E-state index is 11.0. The van der Waals surface area contributed by atoms with Gasteiger partial charge < -0.3 is 5.32 Å². The van der Waals surface area contributed by atoms with Crippen LogP contribution in [0, 0.1) is 10.1 Å². The van der Waals surface area contributed by atoms with Crippen molar-refractivity contribution in [2.24, 2.45) is 0 Å². The van der Waals surface area contributed by atoms with Gasteiger partial charge >= 0.3 is 5.69 Å². The third kappa shape index (κ3) is 2.79. The summed E-state index contributed by atoms with van der Waals surface area (Å²) in [5.41, 5.74) is 1.48. The fraction of sp³-hybridized carbons (Fsp3) is 0.167. The van der Waals surface area contributed by atoms with Gasteiger partial charge in [-0.2, -0.15) is 0 Å². The summed E-state index contributed by atoms with van der Waals surface area (Å²) in [6.07, 6.45) is 1.99. The molecule has 0 aliphatic heterocycles. The van der Waals surface area contributed by atoms with Crippen LogP contribution in [-0.2, 0) is 6.42 Å². The van der Waals surface area contributed by atoms with Crippen molar-refractivity contribution in [3.63, 3.8) is 0 Å². The molecule has 7 heteroatoms. The number of nitro groups is 1. The number of anilines is 2. The molecular weight excluding hydrogens is 268 g/mol. The van der Waals surface area contributed by atoms with Crippen LogP contribution in [0.25, 0.3) is 0 Å². The fourth-order valence-corrected chi connectivity index (χ4v) is 1.89. The number of rotatable bonds is 4. The summed E-state index contributed by atoms with van der Waals surface area (Å²) in [5.74, 6) is 0.0888. The summed E-state index contributed by atoms with van der Waals surface area (Å²) in [6, 6.07) is 7.52. The number of hydrogen-bond acceptors (Lipinski definition) is 5. The fourth-order valence-electron chi connectivity index (χ4n) is 1.69. The van der Waals surface area contributed by atoms with E-state index in [2.05, 4.69) is 15.3 Å². The molecule has 0 unspecified atom stereocenters. The van der Waals surface area contributed by atoms with Gasteiger partial charge in [-0.1, -0.05) is 36.7 Å². The molecule has 98 valence electrons. The Morgan fingerprint density at radius 2 is 2.11 bits per heavy atom. The molecule has 0 saturated heterocycles. The van der Waals surface area contributed by atoms with Crippen molar-refractivity contribution in [2.45, 2.75) is 13.3 Å². The average Bonchev–Trinajstić information content (AvgIpc) is 2.39. The van der Waals surface area contributed by atoms with Crippen LogP contribution in [0.2, 0.25) is 5.15 Å². The first kappa shape index (κ1) is 13.2. The zero-order valence-corrected chi connectivity index (χ0v) is 10.9. The highest BCUT2D eigenvalue weighted by atomic mass is 35.5. The van der Waals surface area contributed by atoms with Gasteiger partial charge in [-0.15, -0.1) is 0 Å². The Morgan fingerprint density at radius 3 is 2.79 bits per heavy atom. The topological polar surface area (TPSA) is 81.0 Å². The van der Waals surface area contributed by atoms with Gasteiger partial charge in [0.1, 0.15) is 6.33 Å². The normalized spacial score (nSPS) is 10.2. The molecule has 0 bridgehead atoms. The standard InChI is InChI=1S/C12H11ClN4O2/c1-2-8-5-3-4-6-9(8)16-12-10(17(18)19)11(13)14-7-15-12/h3-7H,2H2,1H3,(H,14,15,16). The van der Waals surface area contributed by atoms with E-state index in [1.807, 2.05) is 31.2 Å². The Morgan fingerprint density at radius 1 is 1.37 bits per heavy atom. The molecule has 0 aliphatic rings. The van der Waals surface area contributed by atoms with Gasteiger partial charge in [-0.05, 0) is 18.1 Å². The largest absolute Gasteiger partial charge is 0.348 e. The Balaban J connectivity index is 2.44. The van der Waals surface area contributed by atoms with Crippen LogP contribution >= 0.6 is 11.6 Å². The van der Waals surface area contributed by atoms with Gasteiger partial charge in [0, 0.05) is 5.69 Å². The van der Waals surface area contributed by atoms with E-state index >= 15 is 0 Å². The van der Waals surface area contributed by atoms with Gasteiger partial charge in [0.15, 0.2) is 0 Å². The predicted molar refractivity (Wildman–Crippen MR) is 72.8 cm³/mol. The first-order valence-electron chi connectivity index (χ1n) is 5.63. The van der Waals surface area contributed by atoms with Crippen LogP contribution in [-0.4, -0.2) is 14.9 Å². The molecule has 0 spiro atoms. The zero-order chi connectivity index (χ0) is 13.8. The molecule has 0 amide bonds. The number of hydrogen-bond donors (Lipinski definition) is 1. The smallest absolute Gasteiger partial charge is 0.334 e. The maximum atomic E-state index is 11.0. The van der Waals surface area contributed by atoms with E-state index in [0.29, 0.717) is 0 Å². The molecule has 1 N–H and O–H groups in total. The predicted octanol–water partition coefficient (Wildman–Crippen LogP) is 3.34. The Kier molecular flexibility index (Phi) is 3.91. The third-order valence-electron chi connectivity index (χ3n) is 2.61. The highest BCUT2D eigenvalue weighted by Crippen LogP contribution is 2.31. The van der Waals surface area contributed by atoms with Gasteiger partial charge in [0.2, 0.25) is 11.0 Å². The van der Waals surface area contributed by atoms with Crippen molar-refractivity contribution < 1.29 is 4.92 Å². The molecule has 2 aromatic rings. The first-order valence-corrected chi connectivity index (χ1v) is 6.01. The van der Waals surface area contributed by atoms with E-state index < -0.39 is 4.92 Å². The number of aryl methyl sites for hydroxylation is 1. The summed E-state index contributed by atoms with van der Waals surface area (Å²) in [4.78, 5) is 17.9. The highest BCUT2D eigenvalue weighted by Gasteiger charge is 2.21. The van der Waals surface area contributed by atoms with Crippen molar-refractivity contribution in [2.75, 3.05) is 5.32 Å². The van der Waals surface area contributed by atoms with Crippen LogP contribution in [0.3, 0.4) is 0 Å². The lowest BCUT2D eigenvalue weighted by Crippen LogP contribution is -2.03. The summed E-state index contributed by atoms with van der Waals surface area (Å²) < 4.78 is 0. The minimum absolute atomic E-state index is 0.0888. The van der Waals surface area contributed by atoms with Crippen molar-refractivity contribution >= 4 is 28.8 Å². The van der Waals surface area contributed by atoms with E-state index in [-0.39, 0.29) is 16.7 Å². The van der Waals surface area contributed by atoms with Crippen molar-refractivity contribution in [1.82, 2.24) is 9.97 Å². The molecule has 0 atom stereocenters. The molecule has 1 heterocycles. The second-order valence-electron chi connectivity index (χ2n) is 3.75. The van der Waals surface area contributed by atoms with Crippen LogP contribution in [0.5, 0.6) is 0 Å². The van der Waals surface area contributed by atoms with Gasteiger partial charge in [-0.3, -0.25) is 10.1 Å².